The van der Waals surface area contributed by atoms with Crippen molar-refractivity contribution in [2.45, 2.75) is 157 Å². The van der Waals surface area contributed by atoms with Gasteiger partial charge in [0.25, 0.3) is 22.2 Å². The lowest BCUT2D eigenvalue weighted by molar-refractivity contribution is 0.0600. The Hall–Kier alpha value is -16.0. The van der Waals surface area contributed by atoms with Crippen LogP contribution < -0.4 is 45.0 Å². The topological polar surface area (TPSA) is 387 Å². The molecule has 2 aliphatic heterocycles. The first kappa shape index (κ1) is 84.8. The number of aryl methyl sites for hydroxylation is 8. The lowest BCUT2D eigenvalue weighted by Gasteiger charge is -2.11. The highest BCUT2D eigenvalue weighted by molar-refractivity contribution is 5.89. The van der Waals surface area contributed by atoms with Gasteiger partial charge in [-0.15, -0.1) is 0 Å². The van der Waals surface area contributed by atoms with Gasteiger partial charge in [0.2, 0.25) is 0 Å². The maximum atomic E-state index is 13.0. The van der Waals surface area contributed by atoms with Crippen LogP contribution in [0.5, 0.6) is 0 Å². The number of rotatable bonds is 22. The molecule has 14 aromatic heterocycles. The number of benzene rings is 5. The Morgan fingerprint density at radius 3 is 0.962 bits per heavy atom. The van der Waals surface area contributed by atoms with Crippen molar-refractivity contribution in [1.82, 2.24) is 114 Å². The van der Waals surface area contributed by atoms with E-state index in [4.69, 9.17) is 34.6 Å². The minimum Gasteiger partial charge on any atom is -0.465 e. The molecule has 34 nitrogen and oxygen atoms in total. The third-order valence-electron chi connectivity index (χ3n) is 23.7. The first-order valence-electron chi connectivity index (χ1n) is 43.6. The van der Waals surface area contributed by atoms with Crippen LogP contribution >= 0.6 is 0 Å². The normalized spacial score (nSPS) is 12.4. The van der Waals surface area contributed by atoms with Gasteiger partial charge in [0.15, 0.2) is 44.7 Å². The number of ether oxygens (including phenoxy) is 1. The van der Waals surface area contributed by atoms with E-state index in [0.717, 1.165) is 123 Å². The van der Waals surface area contributed by atoms with Crippen molar-refractivity contribution in [3.05, 3.63) is 382 Å². The molecular weight excluding hydrogens is 1650 g/mol. The molecule has 130 heavy (non-hydrogen) atoms. The van der Waals surface area contributed by atoms with E-state index in [1.807, 2.05) is 190 Å². The number of aromatic amines is 4. The van der Waals surface area contributed by atoms with E-state index in [0.29, 0.717) is 140 Å². The molecule has 5 aromatic carbocycles. The first-order chi connectivity index (χ1) is 63.4. The van der Waals surface area contributed by atoms with Crippen molar-refractivity contribution in [3.8, 4) is 11.1 Å². The summed E-state index contributed by atoms with van der Waals surface area (Å²) in [4.78, 5) is 160. The van der Waals surface area contributed by atoms with Gasteiger partial charge in [-0.1, -0.05) is 140 Å². The predicted octanol–water partition coefficient (Wildman–Crippen LogP) is 10.00. The molecular formula is C96H94N24O10. The molecule has 658 valence electrons. The molecule has 34 heteroatoms. The number of aromatic nitrogens is 24. The van der Waals surface area contributed by atoms with Crippen LogP contribution in [0.3, 0.4) is 0 Å². The fraction of sp³-hybridized carbons (Fsp3) is 0.260. The first-order valence-corrected chi connectivity index (χ1v) is 43.6. The third kappa shape index (κ3) is 17.3. The summed E-state index contributed by atoms with van der Waals surface area (Å²) >= 11 is 0. The summed E-state index contributed by atoms with van der Waals surface area (Å²) in [5.41, 5.74) is 11.5. The molecule has 0 radical (unpaired) electrons. The predicted molar refractivity (Wildman–Crippen MR) is 492 cm³/mol. The van der Waals surface area contributed by atoms with E-state index in [-0.39, 0.29) is 0 Å². The van der Waals surface area contributed by atoms with Crippen LogP contribution in [-0.4, -0.2) is 127 Å². The number of nitrogens with one attached hydrogen (secondary N) is 4. The molecule has 0 atom stereocenters. The number of carbonyl (C=O) groups is 1. The van der Waals surface area contributed by atoms with Gasteiger partial charge in [0.1, 0.15) is 46.2 Å². The number of esters is 1. The monoisotopic (exact) mass is 1740 g/mol. The summed E-state index contributed by atoms with van der Waals surface area (Å²) < 4.78 is 26.6. The number of fused-ring (bicyclic) bond motifs is 8. The molecule has 0 bridgehead atoms. The van der Waals surface area contributed by atoms with Gasteiger partial charge < -0.3 is 40.9 Å². The number of nitrogens with zero attached hydrogens (tertiary/aromatic N) is 20. The lowest BCUT2D eigenvalue weighted by Crippen LogP contribution is -2.30. The second-order valence-electron chi connectivity index (χ2n) is 32.1. The van der Waals surface area contributed by atoms with Gasteiger partial charge >= 0.3 is 28.7 Å². The van der Waals surface area contributed by atoms with Crippen LogP contribution in [0.2, 0.25) is 0 Å². The van der Waals surface area contributed by atoms with Crippen LogP contribution in [0, 0.1) is 0 Å². The van der Waals surface area contributed by atoms with Crippen LogP contribution in [0.15, 0.2) is 251 Å². The van der Waals surface area contributed by atoms with Crippen molar-refractivity contribution >= 4 is 61.9 Å². The Kier molecular flexibility index (Phi) is 24.1. The summed E-state index contributed by atoms with van der Waals surface area (Å²) in [6.07, 6.45) is 20.4. The SMILES string of the molecule is CCn1c(=O)[nH]c(=O)c2c1nc(Cc1cn3c(n1)CCCC3)n2Cc1ccc(-c2ccccc2)cc1.CCn1c(=O)[nH]c(=O)c2c1nc(Cc1cn3c(n1)CCCC3)n2Cc1ccccc1.CCn1c(=O)[nH]c(=O)c2c1nc(Cc1cn3ccccc3n1)n2Cc1ccc(C(=O)OC)cc1.CCn1c(=O)[nH]c(=O)c2c1nc(Cc1cn3ccccc3n1)n2Cc1ccccc1. The molecule has 0 saturated carbocycles. The van der Waals surface area contributed by atoms with Gasteiger partial charge in [-0.3, -0.25) is 57.4 Å². The number of methoxy groups -OCH3 is 1. The maximum Gasteiger partial charge on any atom is 0.337 e. The zero-order valence-corrected chi connectivity index (χ0v) is 72.4. The fourth-order valence-corrected chi connectivity index (χ4v) is 17.4. The Labute approximate surface area is 739 Å². The molecule has 19 aromatic rings. The number of hydrogen-bond donors (Lipinski definition) is 4. The second-order valence-corrected chi connectivity index (χ2v) is 32.1. The third-order valence-corrected chi connectivity index (χ3v) is 23.7. The molecule has 0 amide bonds. The van der Waals surface area contributed by atoms with Crippen molar-refractivity contribution < 1.29 is 9.53 Å². The standard InChI is InChI=1S/C28H28N6O2.C24H22N6O4.C22H24N6O2.C22H20N6O2/c1-2-33-26-25(27(35)31-28(33)36)34(17-19-11-13-21(14-12-19)20-8-4-3-5-9-20)24(30-26)16-22-18-32-15-7-6-10-23(32)29-22;1-3-29-21-20(22(31)27-24(29)33)30(13-15-7-9-16(10-8-15)23(32)34-2)19(26-21)12-17-14-28-11-5-4-6-18(28)25-17;2*1-2-27-20-19(21(29)25-22(27)30)28(13-15-8-4-3-5-9-15)18(24-20)12-16-14-26-11-7-6-10-17(26)23-16/h3-5,8-9,11-14,18H,2,6-7,10,15-17H2,1H3,(H,31,35,36);4-11,14H,3,12-13H2,1-2H3,(H,27,31,33);3-5,8-9,14H,2,6-7,10-13H2,1H3,(H,25,29,30);3-11,14H,2,12-13H2,1H3,(H,25,29,30). The minimum atomic E-state index is -0.496. The average molecular weight is 1740 g/mol. The molecule has 0 aliphatic carbocycles. The van der Waals surface area contributed by atoms with Crippen LogP contribution in [0.25, 0.3) is 67.1 Å². The number of H-pyrrole nitrogens is 4. The highest BCUT2D eigenvalue weighted by Gasteiger charge is 2.27. The van der Waals surface area contributed by atoms with E-state index >= 15 is 0 Å². The maximum absolute atomic E-state index is 13.0. The van der Waals surface area contributed by atoms with E-state index in [9.17, 15) is 43.2 Å². The van der Waals surface area contributed by atoms with Crippen molar-refractivity contribution in [2.24, 2.45) is 0 Å². The summed E-state index contributed by atoms with van der Waals surface area (Å²) in [5.74, 6) is 4.57. The van der Waals surface area contributed by atoms with Crippen molar-refractivity contribution in [2.75, 3.05) is 7.11 Å². The fourth-order valence-electron chi connectivity index (χ4n) is 17.4. The van der Waals surface area contributed by atoms with Gasteiger partial charge in [0.05, 0.1) is 35.4 Å². The molecule has 0 fully saturated rings. The zero-order chi connectivity index (χ0) is 89.8. The minimum absolute atomic E-state index is 0.317. The molecule has 0 unspecified atom stereocenters. The molecule has 2 aliphatic rings. The van der Waals surface area contributed by atoms with E-state index in [2.05, 4.69) is 87.8 Å². The van der Waals surface area contributed by atoms with E-state index in [1.165, 1.54) is 44.6 Å². The van der Waals surface area contributed by atoms with Gasteiger partial charge in [-0.25, -0.2) is 63.8 Å². The quantitative estimate of drug-likeness (QED) is 0.0458. The second kappa shape index (κ2) is 36.9. The highest BCUT2D eigenvalue weighted by atomic mass is 16.5. The largest absolute Gasteiger partial charge is 0.465 e. The van der Waals surface area contributed by atoms with E-state index < -0.39 is 51.0 Å². The van der Waals surface area contributed by atoms with E-state index in [1.54, 1.807) is 28.8 Å². The van der Waals surface area contributed by atoms with Crippen molar-refractivity contribution in [1.29, 1.82) is 0 Å². The summed E-state index contributed by atoms with van der Waals surface area (Å²) in [7, 11) is 1.33. The van der Waals surface area contributed by atoms with Gasteiger partial charge in [0, 0.05) is 141 Å². The molecule has 21 rings (SSSR count). The van der Waals surface area contributed by atoms with Crippen LogP contribution in [0.1, 0.15) is 144 Å². The number of imidazole rings is 8. The van der Waals surface area contributed by atoms with Crippen molar-refractivity contribution in [3.63, 3.8) is 0 Å². The van der Waals surface area contributed by atoms with Crippen LogP contribution in [-0.2, 0) is 109 Å². The number of hydrogen-bond acceptors (Lipinski definition) is 18. The smallest absolute Gasteiger partial charge is 0.337 e. The molecule has 16 heterocycles. The highest BCUT2D eigenvalue weighted by Crippen LogP contribution is 2.27. The summed E-state index contributed by atoms with van der Waals surface area (Å²) in [6.45, 7) is 12.8. The molecule has 0 saturated heterocycles. The van der Waals surface area contributed by atoms with Gasteiger partial charge in [-0.05, 0) is 123 Å². The van der Waals surface area contributed by atoms with Gasteiger partial charge in [-0.2, -0.15) is 0 Å². The summed E-state index contributed by atoms with van der Waals surface area (Å²) in [5, 5.41) is 0. The Balaban J connectivity index is 0.000000117. The number of carbonyl (C=O) groups excluding carboxylic acids is 1. The molecule has 0 spiro atoms. The summed E-state index contributed by atoms with van der Waals surface area (Å²) in [6, 6.07) is 57.0. The Morgan fingerprint density at radius 2 is 0.638 bits per heavy atom. The molecule has 4 N–H and O–H groups in total. The average Bonchev–Trinajstić information content (AvgIpc) is 1.64. The zero-order valence-electron chi connectivity index (χ0n) is 72.4. The number of pyridine rings is 2. The Morgan fingerprint density at radius 1 is 0.331 bits per heavy atom. The lowest BCUT2D eigenvalue weighted by atomic mass is 10.0. The van der Waals surface area contributed by atoms with Crippen LogP contribution in [0.4, 0.5) is 0 Å². The Bertz CT molecular complexity index is 7840.